The first kappa shape index (κ1) is 7.74. The molecule has 62 valence electrons. The third-order valence-corrected chi connectivity index (χ3v) is 3.11. The summed E-state index contributed by atoms with van der Waals surface area (Å²) in [5.41, 5.74) is 1.10. The molecule has 0 aliphatic heterocycles. The van der Waals surface area contributed by atoms with Crippen LogP contribution in [0.4, 0.5) is 0 Å². The van der Waals surface area contributed by atoms with Crippen LogP contribution in [0.25, 0.3) is 10.2 Å². The number of hydrogen-bond acceptors (Lipinski definition) is 2. The smallest absolute Gasteiger partial charge is 0.123 e. The molecule has 2 aromatic rings. The monoisotopic (exact) mass is 177 g/mol. The van der Waals surface area contributed by atoms with Gasteiger partial charge in [-0.1, -0.05) is 13.0 Å². The van der Waals surface area contributed by atoms with Gasteiger partial charge in [-0.05, 0) is 25.5 Å². The van der Waals surface area contributed by atoms with Gasteiger partial charge in [0.1, 0.15) is 4.83 Å². The number of hydrogen-bond donors (Lipinski definition) is 0. The largest absolute Gasteiger partial charge is 0.242 e. The molecule has 0 aliphatic carbocycles. The molecule has 0 unspecified atom stereocenters. The van der Waals surface area contributed by atoms with E-state index in [4.69, 9.17) is 0 Å². The molecule has 0 spiro atoms. The van der Waals surface area contributed by atoms with Gasteiger partial charge in [-0.25, -0.2) is 4.98 Å². The van der Waals surface area contributed by atoms with Gasteiger partial charge < -0.3 is 0 Å². The summed E-state index contributed by atoms with van der Waals surface area (Å²) in [5, 5.41) is 1.28. The van der Waals surface area contributed by atoms with Gasteiger partial charge >= 0.3 is 0 Å². The summed E-state index contributed by atoms with van der Waals surface area (Å²) >= 11 is 1.80. The Labute approximate surface area is 76.1 Å². The predicted molar refractivity (Wildman–Crippen MR) is 53.7 cm³/mol. The summed E-state index contributed by atoms with van der Waals surface area (Å²) in [4.78, 5) is 7.06. The Morgan fingerprint density at radius 2 is 2.25 bits per heavy atom. The van der Waals surface area contributed by atoms with E-state index in [9.17, 15) is 0 Å². The standard InChI is InChI=1S/C10H11NS/c1-3-9-6-8-5-4-7(2)11-10(8)12-9/h4-6H,3H2,1-2H3. The quantitative estimate of drug-likeness (QED) is 0.652. The van der Waals surface area contributed by atoms with Crippen LogP contribution in [-0.4, -0.2) is 4.98 Å². The second-order valence-corrected chi connectivity index (χ2v) is 4.03. The fourth-order valence-corrected chi connectivity index (χ4v) is 2.25. The minimum absolute atomic E-state index is 1.10. The molecule has 0 bridgehead atoms. The molecular weight excluding hydrogens is 166 g/mol. The Balaban J connectivity index is 2.67. The highest BCUT2D eigenvalue weighted by molar-refractivity contribution is 7.18. The van der Waals surface area contributed by atoms with E-state index in [1.165, 1.54) is 15.1 Å². The van der Waals surface area contributed by atoms with Crippen molar-refractivity contribution >= 4 is 21.6 Å². The van der Waals surface area contributed by atoms with Crippen LogP contribution < -0.4 is 0 Å². The first-order valence-electron chi connectivity index (χ1n) is 4.15. The lowest BCUT2D eigenvalue weighted by Gasteiger charge is -1.89. The summed E-state index contributed by atoms with van der Waals surface area (Å²) in [6, 6.07) is 6.44. The number of rotatable bonds is 1. The Morgan fingerprint density at radius 3 is 3.00 bits per heavy atom. The van der Waals surface area contributed by atoms with Crippen LogP contribution in [-0.2, 0) is 6.42 Å². The van der Waals surface area contributed by atoms with Crippen molar-refractivity contribution in [2.24, 2.45) is 0 Å². The van der Waals surface area contributed by atoms with Crippen molar-refractivity contribution in [2.45, 2.75) is 20.3 Å². The van der Waals surface area contributed by atoms with E-state index in [0.29, 0.717) is 0 Å². The summed E-state index contributed by atoms with van der Waals surface area (Å²) in [6.45, 7) is 4.21. The van der Waals surface area contributed by atoms with Gasteiger partial charge in [0.2, 0.25) is 0 Å². The third kappa shape index (κ3) is 1.23. The first-order valence-corrected chi connectivity index (χ1v) is 4.97. The number of pyridine rings is 1. The molecule has 1 nitrogen and oxygen atoms in total. The Bertz CT molecular complexity index is 403. The van der Waals surface area contributed by atoms with Gasteiger partial charge in [-0.3, -0.25) is 0 Å². The second-order valence-electron chi connectivity index (χ2n) is 2.91. The van der Waals surface area contributed by atoms with Crippen LogP contribution in [0.3, 0.4) is 0 Å². The number of aryl methyl sites for hydroxylation is 2. The lowest BCUT2D eigenvalue weighted by atomic mass is 10.3. The minimum atomic E-state index is 1.10. The predicted octanol–water partition coefficient (Wildman–Crippen LogP) is 3.17. The zero-order valence-electron chi connectivity index (χ0n) is 7.29. The summed E-state index contributed by atoms with van der Waals surface area (Å²) in [7, 11) is 0. The Kier molecular flexibility index (Phi) is 1.85. The van der Waals surface area contributed by atoms with Crippen molar-refractivity contribution in [1.29, 1.82) is 0 Å². The van der Waals surface area contributed by atoms with E-state index in [1.807, 2.05) is 6.92 Å². The highest BCUT2D eigenvalue weighted by Crippen LogP contribution is 2.24. The van der Waals surface area contributed by atoms with Crippen LogP contribution in [0.5, 0.6) is 0 Å². The van der Waals surface area contributed by atoms with Gasteiger partial charge in [-0.15, -0.1) is 11.3 Å². The molecule has 2 heteroatoms. The highest BCUT2D eigenvalue weighted by Gasteiger charge is 2.00. The summed E-state index contributed by atoms with van der Waals surface area (Å²) < 4.78 is 0. The van der Waals surface area contributed by atoms with E-state index < -0.39 is 0 Å². The minimum Gasteiger partial charge on any atom is -0.242 e. The maximum Gasteiger partial charge on any atom is 0.123 e. The third-order valence-electron chi connectivity index (χ3n) is 1.92. The van der Waals surface area contributed by atoms with Crippen LogP contribution in [0.1, 0.15) is 17.5 Å². The van der Waals surface area contributed by atoms with Crippen molar-refractivity contribution in [3.05, 3.63) is 28.8 Å². The Hall–Kier alpha value is -0.890. The number of thiophene rings is 1. The molecule has 0 saturated heterocycles. The van der Waals surface area contributed by atoms with Gasteiger partial charge in [0.05, 0.1) is 0 Å². The van der Waals surface area contributed by atoms with Gasteiger partial charge in [-0.2, -0.15) is 0 Å². The molecular formula is C10H11NS. The van der Waals surface area contributed by atoms with Crippen molar-refractivity contribution < 1.29 is 0 Å². The average molecular weight is 177 g/mol. The molecule has 12 heavy (non-hydrogen) atoms. The normalized spacial score (nSPS) is 10.8. The van der Waals surface area contributed by atoms with E-state index in [-0.39, 0.29) is 0 Å². The molecule has 0 aliphatic rings. The van der Waals surface area contributed by atoms with Gasteiger partial charge in [0.25, 0.3) is 0 Å². The summed E-state index contributed by atoms with van der Waals surface area (Å²) in [6.07, 6.45) is 1.11. The Morgan fingerprint density at radius 1 is 1.42 bits per heavy atom. The lowest BCUT2D eigenvalue weighted by Crippen LogP contribution is -1.75. The molecule has 2 heterocycles. The maximum absolute atomic E-state index is 4.46. The van der Waals surface area contributed by atoms with Crippen LogP contribution in [0.2, 0.25) is 0 Å². The average Bonchev–Trinajstić information content (AvgIpc) is 2.46. The van der Waals surface area contributed by atoms with E-state index >= 15 is 0 Å². The molecule has 2 rings (SSSR count). The van der Waals surface area contributed by atoms with Gasteiger partial charge in [0, 0.05) is 16.0 Å². The highest BCUT2D eigenvalue weighted by atomic mass is 32.1. The topological polar surface area (TPSA) is 12.9 Å². The molecule has 0 saturated carbocycles. The SMILES string of the molecule is CCc1cc2ccc(C)nc2s1. The molecule has 0 fully saturated rings. The van der Waals surface area contributed by atoms with Crippen molar-refractivity contribution in [3.63, 3.8) is 0 Å². The van der Waals surface area contributed by atoms with Crippen molar-refractivity contribution in [1.82, 2.24) is 4.98 Å². The first-order chi connectivity index (χ1) is 5.79. The molecule has 0 atom stereocenters. The zero-order valence-corrected chi connectivity index (χ0v) is 8.11. The number of nitrogens with zero attached hydrogens (tertiary/aromatic N) is 1. The molecule has 0 radical (unpaired) electrons. The van der Waals surface area contributed by atoms with E-state index in [0.717, 1.165) is 12.1 Å². The van der Waals surface area contributed by atoms with Crippen LogP contribution >= 0.6 is 11.3 Å². The molecule has 0 amide bonds. The fourth-order valence-electron chi connectivity index (χ4n) is 1.24. The number of fused-ring (bicyclic) bond motifs is 1. The molecule has 2 aromatic heterocycles. The molecule has 0 N–H and O–H groups in total. The second kappa shape index (κ2) is 2.87. The summed E-state index contributed by atoms with van der Waals surface area (Å²) in [5.74, 6) is 0. The van der Waals surface area contributed by atoms with E-state index in [2.05, 4.69) is 30.1 Å². The maximum atomic E-state index is 4.46. The van der Waals surface area contributed by atoms with Crippen molar-refractivity contribution in [2.75, 3.05) is 0 Å². The van der Waals surface area contributed by atoms with Crippen LogP contribution in [0.15, 0.2) is 18.2 Å². The van der Waals surface area contributed by atoms with Gasteiger partial charge in [0.15, 0.2) is 0 Å². The number of aromatic nitrogens is 1. The zero-order chi connectivity index (χ0) is 8.55. The lowest BCUT2D eigenvalue weighted by molar-refractivity contribution is 1.19. The van der Waals surface area contributed by atoms with E-state index in [1.54, 1.807) is 11.3 Å². The van der Waals surface area contributed by atoms with Crippen molar-refractivity contribution in [3.8, 4) is 0 Å². The van der Waals surface area contributed by atoms with Crippen LogP contribution in [0, 0.1) is 6.92 Å². The molecule has 0 aromatic carbocycles. The fraction of sp³-hybridized carbons (Fsp3) is 0.300.